The Balaban J connectivity index is 2.71. The third-order valence-corrected chi connectivity index (χ3v) is 3.04. The van der Waals surface area contributed by atoms with Gasteiger partial charge in [-0.05, 0) is 43.5 Å². The Morgan fingerprint density at radius 3 is 2.42 bits per heavy atom. The monoisotopic (exact) mass is 261 g/mol. The van der Waals surface area contributed by atoms with Gasteiger partial charge < -0.3 is 10.1 Å². The molecular formula is C17H27NO. The van der Waals surface area contributed by atoms with E-state index in [0.29, 0.717) is 12.5 Å². The third-order valence-electron chi connectivity index (χ3n) is 3.04. The lowest BCUT2D eigenvalue weighted by Gasteiger charge is -2.13. The van der Waals surface area contributed by atoms with E-state index in [-0.39, 0.29) is 0 Å². The van der Waals surface area contributed by atoms with Gasteiger partial charge in [0, 0.05) is 6.54 Å². The van der Waals surface area contributed by atoms with Crippen molar-refractivity contribution in [2.45, 2.75) is 34.1 Å². The molecule has 106 valence electrons. The molecule has 0 aromatic heterocycles. The van der Waals surface area contributed by atoms with Gasteiger partial charge in [-0.15, -0.1) is 0 Å². The molecule has 0 fully saturated rings. The molecule has 0 amide bonds. The van der Waals surface area contributed by atoms with Crippen LogP contribution in [-0.4, -0.2) is 19.7 Å². The average molecular weight is 261 g/mol. The van der Waals surface area contributed by atoms with E-state index in [2.05, 4.69) is 44.3 Å². The van der Waals surface area contributed by atoms with Crippen LogP contribution in [0.3, 0.4) is 0 Å². The highest BCUT2D eigenvalue weighted by atomic mass is 16.5. The van der Waals surface area contributed by atoms with E-state index in [9.17, 15) is 0 Å². The summed E-state index contributed by atoms with van der Waals surface area (Å²) >= 11 is 0. The number of benzene rings is 1. The highest BCUT2D eigenvalue weighted by Crippen LogP contribution is 2.17. The minimum Gasteiger partial charge on any atom is -0.494 e. The molecule has 0 bridgehead atoms. The lowest BCUT2D eigenvalue weighted by Crippen LogP contribution is -2.19. The van der Waals surface area contributed by atoms with Gasteiger partial charge in [0.1, 0.15) is 5.75 Å². The first-order chi connectivity index (χ1) is 9.17. The zero-order valence-corrected chi connectivity index (χ0v) is 12.7. The van der Waals surface area contributed by atoms with E-state index in [1.165, 1.54) is 17.6 Å². The van der Waals surface area contributed by atoms with Crippen LogP contribution in [0.2, 0.25) is 0 Å². The average Bonchev–Trinajstić information content (AvgIpc) is 2.40. The lowest BCUT2D eigenvalue weighted by molar-refractivity contribution is 0.340. The molecule has 0 aliphatic carbocycles. The zero-order chi connectivity index (χ0) is 14.1. The number of nitrogens with one attached hydrogen (secondary N) is 1. The van der Waals surface area contributed by atoms with Gasteiger partial charge in [-0.2, -0.15) is 0 Å². The van der Waals surface area contributed by atoms with Crippen molar-refractivity contribution < 1.29 is 4.74 Å². The van der Waals surface area contributed by atoms with Gasteiger partial charge >= 0.3 is 0 Å². The topological polar surface area (TPSA) is 21.3 Å². The van der Waals surface area contributed by atoms with E-state index in [1.807, 2.05) is 19.1 Å². The Morgan fingerprint density at radius 1 is 1.21 bits per heavy atom. The molecule has 0 spiro atoms. The van der Waals surface area contributed by atoms with Crippen LogP contribution in [0.25, 0.3) is 6.08 Å². The lowest BCUT2D eigenvalue weighted by atomic mass is 10.00. The largest absolute Gasteiger partial charge is 0.494 e. The molecule has 2 heteroatoms. The predicted octanol–water partition coefficient (Wildman–Crippen LogP) is 4.12. The van der Waals surface area contributed by atoms with Crippen LogP contribution in [0.15, 0.2) is 29.8 Å². The van der Waals surface area contributed by atoms with Crippen LogP contribution in [0.5, 0.6) is 5.75 Å². The zero-order valence-electron chi connectivity index (χ0n) is 12.7. The Morgan fingerprint density at radius 2 is 1.89 bits per heavy atom. The van der Waals surface area contributed by atoms with E-state index in [4.69, 9.17) is 4.74 Å². The van der Waals surface area contributed by atoms with Crippen LogP contribution in [0, 0.1) is 5.92 Å². The number of ether oxygens (including phenoxy) is 1. The number of hydrogen-bond acceptors (Lipinski definition) is 2. The number of hydrogen-bond donors (Lipinski definition) is 1. The summed E-state index contributed by atoms with van der Waals surface area (Å²) in [6, 6.07) is 8.31. The summed E-state index contributed by atoms with van der Waals surface area (Å²) in [7, 11) is 0. The van der Waals surface area contributed by atoms with E-state index in [0.717, 1.165) is 18.8 Å². The van der Waals surface area contributed by atoms with Crippen molar-refractivity contribution in [2.24, 2.45) is 5.92 Å². The van der Waals surface area contributed by atoms with E-state index in [1.54, 1.807) is 0 Å². The summed E-state index contributed by atoms with van der Waals surface area (Å²) in [5, 5.41) is 3.48. The Hall–Kier alpha value is -1.28. The van der Waals surface area contributed by atoms with Crippen LogP contribution in [0.1, 0.15) is 39.7 Å². The Labute approximate surface area is 117 Å². The summed E-state index contributed by atoms with van der Waals surface area (Å²) in [5.74, 6) is 1.51. The molecule has 1 aromatic rings. The van der Waals surface area contributed by atoms with Crippen molar-refractivity contribution in [3.05, 3.63) is 35.4 Å². The standard InChI is InChI=1S/C17H27NO/c1-5-11-18-13-16(14(3)4)12-15-7-9-17(10-8-15)19-6-2/h7-10,12,14,18H,5-6,11,13H2,1-4H3. The summed E-state index contributed by atoms with van der Waals surface area (Å²) in [4.78, 5) is 0. The molecule has 1 N–H and O–H groups in total. The van der Waals surface area contributed by atoms with Crippen LogP contribution < -0.4 is 10.1 Å². The molecule has 1 rings (SSSR count). The Bertz CT molecular complexity index is 379. The van der Waals surface area contributed by atoms with Crippen molar-refractivity contribution in [3.8, 4) is 5.75 Å². The van der Waals surface area contributed by atoms with Gasteiger partial charge in [-0.1, -0.05) is 44.6 Å². The maximum absolute atomic E-state index is 5.46. The molecule has 0 saturated heterocycles. The van der Waals surface area contributed by atoms with Gasteiger partial charge in [-0.25, -0.2) is 0 Å². The van der Waals surface area contributed by atoms with Crippen LogP contribution >= 0.6 is 0 Å². The third kappa shape index (κ3) is 5.93. The maximum atomic E-state index is 5.46. The fraction of sp³-hybridized carbons (Fsp3) is 0.529. The van der Waals surface area contributed by atoms with Gasteiger partial charge in [0.15, 0.2) is 0 Å². The van der Waals surface area contributed by atoms with Gasteiger partial charge in [-0.3, -0.25) is 0 Å². The molecule has 0 saturated carbocycles. The smallest absolute Gasteiger partial charge is 0.119 e. The maximum Gasteiger partial charge on any atom is 0.119 e. The fourth-order valence-electron chi connectivity index (χ4n) is 1.87. The first-order valence-corrected chi connectivity index (χ1v) is 7.31. The van der Waals surface area contributed by atoms with Gasteiger partial charge in [0.05, 0.1) is 6.61 Å². The predicted molar refractivity (Wildman–Crippen MR) is 83.6 cm³/mol. The molecule has 0 atom stereocenters. The molecular weight excluding hydrogens is 234 g/mol. The molecule has 0 aliphatic rings. The van der Waals surface area contributed by atoms with Crippen molar-refractivity contribution in [2.75, 3.05) is 19.7 Å². The van der Waals surface area contributed by atoms with E-state index < -0.39 is 0 Å². The molecule has 0 unspecified atom stereocenters. The molecule has 2 nitrogen and oxygen atoms in total. The molecule has 0 radical (unpaired) electrons. The second-order valence-corrected chi connectivity index (χ2v) is 5.05. The second-order valence-electron chi connectivity index (χ2n) is 5.05. The van der Waals surface area contributed by atoms with Crippen LogP contribution in [-0.2, 0) is 0 Å². The minimum atomic E-state index is 0.566. The summed E-state index contributed by atoms with van der Waals surface area (Å²) in [5.41, 5.74) is 2.68. The normalized spacial score (nSPS) is 11.9. The first kappa shape index (κ1) is 15.8. The highest BCUT2D eigenvalue weighted by molar-refractivity contribution is 5.54. The molecule has 0 heterocycles. The van der Waals surface area contributed by atoms with Crippen molar-refractivity contribution >= 4 is 6.08 Å². The summed E-state index contributed by atoms with van der Waals surface area (Å²) in [6.07, 6.45) is 3.46. The van der Waals surface area contributed by atoms with Gasteiger partial charge in [0.2, 0.25) is 0 Å². The first-order valence-electron chi connectivity index (χ1n) is 7.31. The Kier molecular flexibility index (Phi) is 7.27. The van der Waals surface area contributed by atoms with Crippen LogP contribution in [0.4, 0.5) is 0 Å². The van der Waals surface area contributed by atoms with Crippen molar-refractivity contribution in [1.82, 2.24) is 5.32 Å². The SMILES string of the molecule is CCCNCC(=Cc1ccc(OCC)cc1)C(C)C. The molecule has 0 aliphatic heterocycles. The van der Waals surface area contributed by atoms with Crippen molar-refractivity contribution in [1.29, 1.82) is 0 Å². The second kappa shape index (κ2) is 8.76. The molecule has 19 heavy (non-hydrogen) atoms. The van der Waals surface area contributed by atoms with Gasteiger partial charge in [0.25, 0.3) is 0 Å². The van der Waals surface area contributed by atoms with Crippen molar-refractivity contribution in [3.63, 3.8) is 0 Å². The number of rotatable bonds is 8. The minimum absolute atomic E-state index is 0.566. The highest BCUT2D eigenvalue weighted by Gasteiger charge is 2.03. The fourth-order valence-corrected chi connectivity index (χ4v) is 1.87. The summed E-state index contributed by atoms with van der Waals surface area (Å²) < 4.78 is 5.46. The van der Waals surface area contributed by atoms with E-state index >= 15 is 0 Å². The summed E-state index contributed by atoms with van der Waals surface area (Å²) in [6.45, 7) is 11.4. The molecule has 1 aromatic carbocycles. The quantitative estimate of drug-likeness (QED) is 0.711.